The minimum absolute atomic E-state index is 0.257. The predicted octanol–water partition coefficient (Wildman–Crippen LogP) is 1.63. The Bertz CT molecular complexity index is 610. The highest BCUT2D eigenvalue weighted by atomic mass is 16.5. The molecule has 2 aliphatic carbocycles. The Hall–Kier alpha value is -1.93. The van der Waals surface area contributed by atoms with Gasteiger partial charge in [-0.2, -0.15) is 4.98 Å². The highest BCUT2D eigenvalue weighted by Crippen LogP contribution is 2.25. The van der Waals surface area contributed by atoms with E-state index in [4.69, 9.17) is 16.2 Å². The van der Waals surface area contributed by atoms with Gasteiger partial charge in [0.15, 0.2) is 0 Å². The van der Waals surface area contributed by atoms with Crippen molar-refractivity contribution in [1.29, 1.82) is 0 Å². The Morgan fingerprint density at radius 1 is 1.08 bits per heavy atom. The van der Waals surface area contributed by atoms with Crippen LogP contribution in [0.2, 0.25) is 0 Å². The lowest BCUT2D eigenvalue weighted by atomic mass is 9.92. The number of primary amides is 1. The maximum Gasteiger partial charge on any atom is 0.254 e. The smallest absolute Gasteiger partial charge is 0.254 e. The molecule has 0 aromatic carbocycles. The van der Waals surface area contributed by atoms with Crippen LogP contribution in [0.5, 0.6) is 0 Å². The van der Waals surface area contributed by atoms with Gasteiger partial charge in [-0.05, 0) is 51.4 Å². The summed E-state index contributed by atoms with van der Waals surface area (Å²) in [5, 5.41) is 6.76. The number of amides is 1. The van der Waals surface area contributed by atoms with E-state index in [-0.39, 0.29) is 12.1 Å². The van der Waals surface area contributed by atoms with Gasteiger partial charge in [0.25, 0.3) is 5.91 Å². The van der Waals surface area contributed by atoms with Crippen LogP contribution < -0.4 is 22.1 Å². The van der Waals surface area contributed by atoms with E-state index in [2.05, 4.69) is 20.6 Å². The van der Waals surface area contributed by atoms with E-state index >= 15 is 0 Å². The van der Waals surface area contributed by atoms with Gasteiger partial charge in [-0.1, -0.05) is 0 Å². The topological polar surface area (TPSA) is 128 Å². The van der Waals surface area contributed by atoms with E-state index in [9.17, 15) is 4.79 Å². The monoisotopic (exact) mass is 362 g/mol. The molecule has 2 saturated carbocycles. The number of hydrogen-bond donors (Lipinski definition) is 4. The summed E-state index contributed by atoms with van der Waals surface area (Å²) in [6.07, 6.45) is 9.83. The molecule has 0 saturated heterocycles. The number of carbonyl (C=O) groups is 1. The summed E-state index contributed by atoms with van der Waals surface area (Å²) in [5.74, 6) is 0.527. The average molecular weight is 362 g/mol. The summed E-state index contributed by atoms with van der Waals surface area (Å²) in [7, 11) is 1.76. The van der Waals surface area contributed by atoms with E-state index in [1.54, 1.807) is 7.11 Å². The van der Waals surface area contributed by atoms with Gasteiger partial charge in [0.2, 0.25) is 5.95 Å². The number of nitrogens with zero attached hydrogens (tertiary/aromatic N) is 2. The second-order valence-corrected chi connectivity index (χ2v) is 7.43. The molecule has 0 atom stereocenters. The molecule has 1 amide bonds. The molecule has 3 rings (SSSR count). The highest BCUT2D eigenvalue weighted by molar-refractivity contribution is 5.97. The minimum Gasteiger partial charge on any atom is -0.381 e. The largest absolute Gasteiger partial charge is 0.381 e. The Kier molecular flexibility index (Phi) is 6.26. The number of nitrogens with one attached hydrogen (secondary N) is 2. The van der Waals surface area contributed by atoms with Crippen LogP contribution in [0.1, 0.15) is 61.7 Å². The lowest BCUT2D eigenvalue weighted by Gasteiger charge is -2.29. The summed E-state index contributed by atoms with van der Waals surface area (Å²) in [4.78, 5) is 20.6. The SMILES string of the molecule is CO[C@H]1CC[C@H](Nc2ncc(C(N)=O)c(NC3CCC(N)CC3)n2)CC1. The van der Waals surface area contributed by atoms with E-state index in [1.165, 1.54) is 6.20 Å². The normalized spacial score (nSPS) is 29.2. The number of ether oxygens (including phenoxy) is 1. The van der Waals surface area contributed by atoms with Crippen molar-refractivity contribution in [3.05, 3.63) is 11.8 Å². The number of aromatic nitrogens is 2. The van der Waals surface area contributed by atoms with E-state index < -0.39 is 5.91 Å². The van der Waals surface area contributed by atoms with E-state index in [1.807, 2.05) is 0 Å². The number of nitrogens with two attached hydrogens (primary N) is 2. The first kappa shape index (κ1) is 18.8. The molecule has 1 aromatic heterocycles. The predicted molar refractivity (Wildman–Crippen MR) is 101 cm³/mol. The molecule has 0 spiro atoms. The van der Waals surface area contributed by atoms with Crippen molar-refractivity contribution in [3.8, 4) is 0 Å². The Labute approximate surface area is 154 Å². The average Bonchev–Trinajstić information content (AvgIpc) is 2.64. The van der Waals surface area contributed by atoms with Gasteiger partial charge in [0.05, 0.1) is 11.7 Å². The summed E-state index contributed by atoms with van der Waals surface area (Å²) in [5.41, 5.74) is 11.8. The lowest BCUT2D eigenvalue weighted by Crippen LogP contribution is -2.34. The zero-order valence-corrected chi connectivity index (χ0v) is 15.4. The van der Waals surface area contributed by atoms with Gasteiger partial charge in [-0.15, -0.1) is 0 Å². The zero-order chi connectivity index (χ0) is 18.5. The highest BCUT2D eigenvalue weighted by Gasteiger charge is 2.23. The van der Waals surface area contributed by atoms with Crippen LogP contribution >= 0.6 is 0 Å². The van der Waals surface area contributed by atoms with Crippen LogP contribution in [0.3, 0.4) is 0 Å². The molecule has 1 aromatic rings. The van der Waals surface area contributed by atoms with Gasteiger partial charge in [-0.3, -0.25) is 4.79 Å². The standard InChI is InChI=1S/C18H30N6O2/c1-26-14-8-6-13(7-9-14)23-18-21-10-15(16(20)25)17(24-18)22-12-4-2-11(19)3-5-12/h10-14H,2-9,19H2,1H3,(H2,20,25)(H2,21,22,23,24)/t11?,12?,13-,14-. The zero-order valence-electron chi connectivity index (χ0n) is 15.4. The van der Waals surface area contributed by atoms with Crippen LogP contribution in [-0.2, 0) is 4.74 Å². The fraction of sp³-hybridized carbons (Fsp3) is 0.722. The third-order valence-electron chi connectivity index (χ3n) is 5.51. The third-order valence-corrected chi connectivity index (χ3v) is 5.51. The van der Waals surface area contributed by atoms with Gasteiger partial charge >= 0.3 is 0 Å². The third kappa shape index (κ3) is 4.82. The van der Waals surface area contributed by atoms with Crippen molar-refractivity contribution < 1.29 is 9.53 Å². The summed E-state index contributed by atoms with van der Waals surface area (Å²) in [6, 6.07) is 0.850. The minimum atomic E-state index is -0.521. The van der Waals surface area contributed by atoms with Gasteiger partial charge in [-0.25, -0.2) is 4.98 Å². The molecule has 1 heterocycles. The van der Waals surface area contributed by atoms with E-state index in [0.717, 1.165) is 51.4 Å². The first-order valence-corrected chi connectivity index (χ1v) is 9.53. The molecular weight excluding hydrogens is 332 g/mol. The Morgan fingerprint density at radius 3 is 2.31 bits per heavy atom. The van der Waals surface area contributed by atoms with E-state index in [0.29, 0.717) is 29.5 Å². The van der Waals surface area contributed by atoms with Gasteiger partial charge in [0, 0.05) is 31.4 Å². The molecule has 2 fully saturated rings. The van der Waals surface area contributed by atoms with Crippen molar-refractivity contribution in [2.75, 3.05) is 17.7 Å². The maximum atomic E-state index is 11.7. The second-order valence-electron chi connectivity index (χ2n) is 7.43. The molecule has 0 aliphatic heterocycles. The Balaban J connectivity index is 1.67. The molecule has 6 N–H and O–H groups in total. The van der Waals surface area contributed by atoms with Crippen molar-refractivity contribution in [1.82, 2.24) is 9.97 Å². The van der Waals surface area contributed by atoms with Crippen molar-refractivity contribution >= 4 is 17.7 Å². The maximum absolute atomic E-state index is 11.7. The number of methoxy groups -OCH3 is 1. The van der Waals surface area contributed by atoms with Crippen LogP contribution in [0, 0.1) is 0 Å². The van der Waals surface area contributed by atoms with Crippen LogP contribution in [0.4, 0.5) is 11.8 Å². The summed E-state index contributed by atoms with van der Waals surface area (Å²) >= 11 is 0. The lowest BCUT2D eigenvalue weighted by molar-refractivity contribution is 0.0681. The summed E-state index contributed by atoms with van der Waals surface area (Å²) < 4.78 is 5.41. The second kappa shape index (κ2) is 8.64. The number of carbonyl (C=O) groups excluding carboxylic acids is 1. The fourth-order valence-corrected chi connectivity index (χ4v) is 3.82. The van der Waals surface area contributed by atoms with Crippen LogP contribution in [0.25, 0.3) is 0 Å². The molecule has 0 bridgehead atoms. The van der Waals surface area contributed by atoms with Crippen LogP contribution in [0.15, 0.2) is 6.20 Å². The van der Waals surface area contributed by atoms with Crippen molar-refractivity contribution in [2.24, 2.45) is 11.5 Å². The quantitative estimate of drug-likeness (QED) is 0.605. The molecule has 144 valence electrons. The Morgan fingerprint density at radius 2 is 1.69 bits per heavy atom. The molecule has 0 radical (unpaired) electrons. The molecule has 26 heavy (non-hydrogen) atoms. The first-order valence-electron chi connectivity index (χ1n) is 9.53. The van der Waals surface area contributed by atoms with Gasteiger partial charge < -0.3 is 26.8 Å². The fourth-order valence-electron chi connectivity index (χ4n) is 3.82. The number of hydrogen-bond acceptors (Lipinski definition) is 7. The molecule has 8 heteroatoms. The molecule has 0 unspecified atom stereocenters. The number of rotatable bonds is 6. The first-order chi connectivity index (χ1) is 12.5. The van der Waals surface area contributed by atoms with Gasteiger partial charge in [0.1, 0.15) is 5.82 Å². The molecule has 2 aliphatic rings. The molecule has 8 nitrogen and oxygen atoms in total. The van der Waals surface area contributed by atoms with Crippen molar-refractivity contribution in [3.63, 3.8) is 0 Å². The van der Waals surface area contributed by atoms with Crippen LogP contribution in [-0.4, -0.2) is 47.2 Å². The summed E-state index contributed by atoms with van der Waals surface area (Å²) in [6.45, 7) is 0. The number of anilines is 2. The van der Waals surface area contributed by atoms with Crippen molar-refractivity contribution in [2.45, 2.75) is 75.6 Å². The molecular formula is C18H30N6O2.